The molecule has 1 rings (SSSR count). The predicted molar refractivity (Wildman–Crippen MR) is 75.1 cm³/mol. The standard InChI is InChI=1S/C14H22FN3O/c1-4-8-18(10-13(19)17(2)3)9-11-6-5-7-12(16)14(11)15/h5-7H,4,8-10,16H2,1-3H3. The highest BCUT2D eigenvalue weighted by atomic mass is 19.1. The highest BCUT2D eigenvalue weighted by Gasteiger charge is 2.14. The van der Waals surface area contributed by atoms with Crippen LogP contribution in [0.2, 0.25) is 0 Å². The Morgan fingerprint density at radius 3 is 2.63 bits per heavy atom. The van der Waals surface area contributed by atoms with Gasteiger partial charge >= 0.3 is 0 Å². The van der Waals surface area contributed by atoms with Crippen molar-refractivity contribution in [2.75, 3.05) is 32.9 Å². The molecule has 0 aliphatic heterocycles. The van der Waals surface area contributed by atoms with Gasteiger partial charge in [0.2, 0.25) is 5.91 Å². The minimum absolute atomic E-state index is 0.0118. The van der Waals surface area contributed by atoms with Gasteiger partial charge < -0.3 is 10.6 Å². The minimum atomic E-state index is -0.388. The van der Waals surface area contributed by atoms with E-state index in [1.54, 1.807) is 31.1 Å². The van der Waals surface area contributed by atoms with Gasteiger partial charge in [-0.25, -0.2) is 4.39 Å². The van der Waals surface area contributed by atoms with Gasteiger partial charge in [-0.2, -0.15) is 0 Å². The average molecular weight is 267 g/mol. The lowest BCUT2D eigenvalue weighted by Gasteiger charge is -2.23. The summed E-state index contributed by atoms with van der Waals surface area (Å²) in [4.78, 5) is 15.2. The van der Waals surface area contributed by atoms with Crippen molar-refractivity contribution in [3.63, 3.8) is 0 Å². The first-order valence-electron chi connectivity index (χ1n) is 6.41. The van der Waals surface area contributed by atoms with E-state index in [4.69, 9.17) is 5.73 Å². The molecule has 0 radical (unpaired) electrons. The molecule has 0 heterocycles. The Balaban J connectivity index is 2.78. The zero-order chi connectivity index (χ0) is 14.4. The molecule has 106 valence electrons. The van der Waals surface area contributed by atoms with E-state index in [1.165, 1.54) is 6.07 Å². The summed E-state index contributed by atoms with van der Waals surface area (Å²) in [5.74, 6) is -0.376. The van der Waals surface area contributed by atoms with E-state index in [0.717, 1.165) is 13.0 Å². The van der Waals surface area contributed by atoms with Crippen LogP contribution in [0.5, 0.6) is 0 Å². The first-order valence-corrected chi connectivity index (χ1v) is 6.41. The van der Waals surface area contributed by atoms with Gasteiger partial charge in [-0.1, -0.05) is 19.1 Å². The largest absolute Gasteiger partial charge is 0.396 e. The maximum Gasteiger partial charge on any atom is 0.236 e. The number of hydrogen-bond donors (Lipinski definition) is 1. The van der Waals surface area contributed by atoms with Crippen LogP contribution in [0, 0.1) is 5.82 Å². The zero-order valence-electron chi connectivity index (χ0n) is 11.8. The molecule has 0 bridgehead atoms. The molecular formula is C14H22FN3O. The van der Waals surface area contributed by atoms with Gasteiger partial charge in [-0.05, 0) is 19.0 Å². The van der Waals surface area contributed by atoms with Crippen molar-refractivity contribution < 1.29 is 9.18 Å². The van der Waals surface area contributed by atoms with E-state index >= 15 is 0 Å². The van der Waals surface area contributed by atoms with Crippen LogP contribution in [0.1, 0.15) is 18.9 Å². The first-order chi connectivity index (χ1) is 8.95. The number of rotatable bonds is 6. The van der Waals surface area contributed by atoms with Gasteiger partial charge in [-0.3, -0.25) is 9.69 Å². The quantitative estimate of drug-likeness (QED) is 0.798. The fourth-order valence-electron chi connectivity index (χ4n) is 1.83. The summed E-state index contributed by atoms with van der Waals surface area (Å²) in [6, 6.07) is 4.97. The number of amides is 1. The summed E-state index contributed by atoms with van der Waals surface area (Å²) in [7, 11) is 3.43. The monoisotopic (exact) mass is 267 g/mol. The number of nitrogens with zero attached hydrogens (tertiary/aromatic N) is 2. The molecule has 0 saturated carbocycles. The van der Waals surface area contributed by atoms with Gasteiger partial charge in [0.25, 0.3) is 0 Å². The number of halogens is 1. The highest BCUT2D eigenvalue weighted by Crippen LogP contribution is 2.16. The third-order valence-electron chi connectivity index (χ3n) is 2.90. The summed E-state index contributed by atoms with van der Waals surface area (Å²) in [6.45, 7) is 3.45. The number of carbonyl (C=O) groups excluding carboxylic acids is 1. The summed E-state index contributed by atoms with van der Waals surface area (Å²) in [5.41, 5.74) is 6.23. The van der Waals surface area contributed by atoms with Crippen LogP contribution < -0.4 is 5.73 Å². The molecule has 0 aliphatic carbocycles. The molecule has 0 aliphatic rings. The number of likely N-dealkylation sites (N-methyl/N-ethyl adjacent to an activating group) is 1. The number of benzene rings is 1. The minimum Gasteiger partial charge on any atom is -0.396 e. The van der Waals surface area contributed by atoms with Crippen molar-refractivity contribution in [2.24, 2.45) is 0 Å². The van der Waals surface area contributed by atoms with Crippen LogP contribution in [0.4, 0.5) is 10.1 Å². The highest BCUT2D eigenvalue weighted by molar-refractivity contribution is 5.77. The molecule has 0 aromatic heterocycles. The van der Waals surface area contributed by atoms with Gasteiger partial charge in [0.1, 0.15) is 0 Å². The molecule has 19 heavy (non-hydrogen) atoms. The summed E-state index contributed by atoms with van der Waals surface area (Å²) < 4.78 is 13.9. The zero-order valence-corrected chi connectivity index (χ0v) is 11.8. The van der Waals surface area contributed by atoms with Crippen LogP contribution >= 0.6 is 0 Å². The molecule has 1 aromatic carbocycles. The Labute approximate surface area is 114 Å². The van der Waals surface area contributed by atoms with E-state index in [0.29, 0.717) is 12.1 Å². The van der Waals surface area contributed by atoms with Crippen LogP contribution in [-0.2, 0) is 11.3 Å². The summed E-state index contributed by atoms with van der Waals surface area (Å²) >= 11 is 0. The Morgan fingerprint density at radius 2 is 2.05 bits per heavy atom. The van der Waals surface area contributed by atoms with E-state index in [2.05, 4.69) is 0 Å². The lowest BCUT2D eigenvalue weighted by atomic mass is 10.1. The number of carbonyl (C=O) groups is 1. The number of nitrogens with two attached hydrogens (primary N) is 1. The lowest BCUT2D eigenvalue weighted by molar-refractivity contribution is -0.130. The van der Waals surface area contributed by atoms with Gasteiger partial charge in [0.05, 0.1) is 12.2 Å². The maximum atomic E-state index is 13.9. The molecule has 0 atom stereocenters. The van der Waals surface area contributed by atoms with Gasteiger partial charge in [0.15, 0.2) is 5.82 Å². The van der Waals surface area contributed by atoms with Crippen LogP contribution in [0.25, 0.3) is 0 Å². The Hall–Kier alpha value is -1.62. The van der Waals surface area contributed by atoms with Crippen molar-refractivity contribution >= 4 is 11.6 Å². The van der Waals surface area contributed by atoms with Crippen LogP contribution in [-0.4, -0.2) is 42.9 Å². The molecule has 1 amide bonds. The van der Waals surface area contributed by atoms with Crippen molar-refractivity contribution in [1.82, 2.24) is 9.80 Å². The molecule has 4 nitrogen and oxygen atoms in total. The first kappa shape index (κ1) is 15.4. The van der Waals surface area contributed by atoms with E-state index in [9.17, 15) is 9.18 Å². The number of anilines is 1. The van der Waals surface area contributed by atoms with Gasteiger partial charge in [-0.15, -0.1) is 0 Å². The fraction of sp³-hybridized carbons (Fsp3) is 0.500. The Bertz CT molecular complexity index is 435. The SMILES string of the molecule is CCCN(CC(=O)N(C)C)Cc1cccc(N)c1F. The summed E-state index contributed by atoms with van der Waals surface area (Å²) in [5, 5.41) is 0. The molecule has 2 N–H and O–H groups in total. The molecule has 0 unspecified atom stereocenters. The maximum absolute atomic E-state index is 13.9. The Morgan fingerprint density at radius 1 is 1.37 bits per heavy atom. The fourth-order valence-corrected chi connectivity index (χ4v) is 1.83. The predicted octanol–water partition coefficient (Wildman–Crippen LogP) is 1.71. The van der Waals surface area contributed by atoms with Crippen molar-refractivity contribution in [3.05, 3.63) is 29.6 Å². The average Bonchev–Trinajstić information content (AvgIpc) is 2.35. The number of nitrogen functional groups attached to an aromatic ring is 1. The van der Waals surface area contributed by atoms with Crippen molar-refractivity contribution in [2.45, 2.75) is 19.9 Å². The van der Waals surface area contributed by atoms with Crippen molar-refractivity contribution in [1.29, 1.82) is 0 Å². The van der Waals surface area contributed by atoms with E-state index < -0.39 is 0 Å². The second kappa shape index (κ2) is 7.09. The van der Waals surface area contributed by atoms with E-state index in [-0.39, 0.29) is 24.0 Å². The molecule has 0 saturated heterocycles. The smallest absolute Gasteiger partial charge is 0.236 e. The van der Waals surface area contributed by atoms with Gasteiger partial charge in [0, 0.05) is 26.2 Å². The molecule has 1 aromatic rings. The van der Waals surface area contributed by atoms with E-state index in [1.807, 2.05) is 11.8 Å². The lowest BCUT2D eigenvalue weighted by Crippen LogP contribution is -2.36. The second-order valence-corrected chi connectivity index (χ2v) is 4.82. The van der Waals surface area contributed by atoms with Crippen LogP contribution in [0.15, 0.2) is 18.2 Å². The second-order valence-electron chi connectivity index (χ2n) is 4.82. The third-order valence-corrected chi connectivity index (χ3v) is 2.90. The van der Waals surface area contributed by atoms with Crippen LogP contribution in [0.3, 0.4) is 0 Å². The molecule has 0 fully saturated rings. The molecular weight excluding hydrogens is 245 g/mol. The Kier molecular flexibility index (Phi) is 5.76. The normalized spacial score (nSPS) is 10.8. The number of hydrogen-bond acceptors (Lipinski definition) is 3. The third kappa shape index (κ3) is 4.52. The topological polar surface area (TPSA) is 49.6 Å². The van der Waals surface area contributed by atoms with Crippen molar-refractivity contribution in [3.8, 4) is 0 Å². The molecule has 0 spiro atoms. The molecule has 5 heteroatoms. The summed E-state index contributed by atoms with van der Waals surface area (Å²) in [6.07, 6.45) is 0.907.